The summed E-state index contributed by atoms with van der Waals surface area (Å²) in [5.41, 5.74) is 6.40. The third kappa shape index (κ3) is 5.80. The average molecular weight is 399 g/mol. The first kappa shape index (κ1) is 21.0. The molecule has 1 aliphatic rings. The molecule has 2 rings (SSSR count). The van der Waals surface area contributed by atoms with Gasteiger partial charge in [-0.25, -0.2) is 21.6 Å². The van der Waals surface area contributed by atoms with Gasteiger partial charge in [-0.05, 0) is 32.0 Å². The van der Waals surface area contributed by atoms with Gasteiger partial charge in [0.15, 0.2) is 0 Å². The fraction of sp³-hybridized carbons (Fsp3) is 0.571. The lowest BCUT2D eigenvalue weighted by Gasteiger charge is -2.37. The number of nitrogens with two attached hydrogens (primary N) is 1. The zero-order chi connectivity index (χ0) is 17.5. The van der Waals surface area contributed by atoms with E-state index in [-0.39, 0.29) is 12.4 Å². The molecule has 1 aromatic carbocycles. The molecule has 24 heavy (non-hydrogen) atoms. The molecule has 1 atom stereocenters. The van der Waals surface area contributed by atoms with E-state index in [2.05, 4.69) is 4.72 Å². The molecule has 1 heterocycles. The molecule has 1 aliphatic heterocycles. The maximum absolute atomic E-state index is 12.2. The zero-order valence-corrected chi connectivity index (χ0v) is 16.2. The third-order valence-electron chi connectivity index (χ3n) is 3.54. The average Bonchev–Trinajstić information content (AvgIpc) is 2.35. The second-order valence-electron chi connectivity index (χ2n) is 6.48. The van der Waals surface area contributed by atoms with Gasteiger partial charge in [-0.15, -0.1) is 12.4 Å². The Bertz CT molecular complexity index is 806. The number of ether oxygens (including phenoxy) is 1. The number of anilines is 1. The van der Waals surface area contributed by atoms with Crippen molar-refractivity contribution in [2.24, 2.45) is 0 Å². The van der Waals surface area contributed by atoms with E-state index < -0.39 is 43.0 Å². The third-order valence-corrected chi connectivity index (χ3v) is 6.13. The van der Waals surface area contributed by atoms with Crippen molar-refractivity contribution in [3.63, 3.8) is 0 Å². The summed E-state index contributed by atoms with van der Waals surface area (Å²) in [6.07, 6.45) is 1.43. The van der Waals surface area contributed by atoms with E-state index in [1.165, 1.54) is 0 Å². The lowest BCUT2D eigenvalue weighted by atomic mass is 9.90. The van der Waals surface area contributed by atoms with Crippen LogP contribution < -0.4 is 15.2 Å². The number of benzene rings is 1. The summed E-state index contributed by atoms with van der Waals surface area (Å²) in [6.45, 7) is 3.73. The Labute approximate surface area is 149 Å². The van der Waals surface area contributed by atoms with E-state index in [1.54, 1.807) is 18.2 Å². The van der Waals surface area contributed by atoms with Crippen LogP contribution in [0.3, 0.4) is 0 Å². The molecule has 138 valence electrons. The normalized spacial score (nSPS) is 19.7. The number of nitrogens with one attached hydrogen (secondary N) is 1. The second-order valence-corrected chi connectivity index (χ2v) is 10.6. The van der Waals surface area contributed by atoms with Gasteiger partial charge in [-0.3, -0.25) is 0 Å². The number of halogens is 1. The molecular weight excluding hydrogens is 376 g/mol. The molecule has 0 fully saturated rings. The summed E-state index contributed by atoms with van der Waals surface area (Å²) in [5, 5.41) is 0. The fourth-order valence-corrected chi connectivity index (χ4v) is 5.37. The summed E-state index contributed by atoms with van der Waals surface area (Å²) < 4.78 is 55.2. The van der Waals surface area contributed by atoms with Crippen LogP contribution in [-0.2, 0) is 19.9 Å². The van der Waals surface area contributed by atoms with E-state index in [0.29, 0.717) is 23.4 Å². The van der Waals surface area contributed by atoms with Crippen molar-refractivity contribution in [2.75, 3.05) is 23.5 Å². The monoisotopic (exact) mass is 398 g/mol. The van der Waals surface area contributed by atoms with Crippen molar-refractivity contribution < 1.29 is 21.6 Å². The maximum atomic E-state index is 12.2. The first-order valence-electron chi connectivity index (χ1n) is 7.13. The summed E-state index contributed by atoms with van der Waals surface area (Å²) in [7, 11) is -7.10. The van der Waals surface area contributed by atoms with Crippen LogP contribution in [0.4, 0.5) is 5.69 Å². The van der Waals surface area contributed by atoms with E-state index in [1.807, 2.05) is 13.8 Å². The van der Waals surface area contributed by atoms with Crippen LogP contribution >= 0.6 is 12.4 Å². The number of nitrogen functional groups attached to an aromatic ring is 1. The molecular formula is C14H23ClN2O5S2. The van der Waals surface area contributed by atoms with Gasteiger partial charge >= 0.3 is 0 Å². The highest BCUT2D eigenvalue weighted by molar-refractivity contribution is 7.93. The molecule has 0 saturated carbocycles. The van der Waals surface area contributed by atoms with Crippen molar-refractivity contribution in [3.8, 4) is 5.75 Å². The number of fused-ring (bicyclic) bond motifs is 1. The molecule has 1 unspecified atom stereocenters. The predicted molar refractivity (Wildman–Crippen MR) is 96.8 cm³/mol. The summed E-state index contributed by atoms with van der Waals surface area (Å²) in [6, 6.07) is 4.56. The van der Waals surface area contributed by atoms with Gasteiger partial charge in [0.1, 0.15) is 21.2 Å². The Hall–Kier alpha value is -1.03. The number of rotatable bonds is 5. The Morgan fingerprint density at radius 2 is 1.88 bits per heavy atom. The summed E-state index contributed by atoms with van der Waals surface area (Å²) in [4.78, 5) is 0. The van der Waals surface area contributed by atoms with E-state index >= 15 is 0 Å². The van der Waals surface area contributed by atoms with Gasteiger partial charge in [-0.1, -0.05) is 0 Å². The van der Waals surface area contributed by atoms with Crippen molar-refractivity contribution in [2.45, 2.75) is 31.9 Å². The van der Waals surface area contributed by atoms with Gasteiger partial charge < -0.3 is 10.5 Å². The standard InChI is InChI=1S/C14H22N2O5S2.ClH/c1-14(2)9-12(11-8-10(15)4-5-13(11)21-14)16-23(19,20)7-6-22(3,17)18;/h4-5,8,12,16H,6-7,9,15H2,1-3H3;1H. The van der Waals surface area contributed by atoms with Crippen molar-refractivity contribution in [1.82, 2.24) is 4.72 Å². The van der Waals surface area contributed by atoms with Crippen LogP contribution in [-0.4, -0.2) is 40.2 Å². The molecule has 0 amide bonds. The van der Waals surface area contributed by atoms with Crippen LogP contribution in [0.25, 0.3) is 0 Å². The minimum Gasteiger partial charge on any atom is -0.487 e. The first-order valence-corrected chi connectivity index (χ1v) is 10.8. The quantitative estimate of drug-likeness (QED) is 0.721. The Morgan fingerprint density at radius 3 is 2.46 bits per heavy atom. The number of sulfonamides is 1. The van der Waals surface area contributed by atoms with Gasteiger partial charge in [0.25, 0.3) is 0 Å². The van der Waals surface area contributed by atoms with Crippen LogP contribution in [0.5, 0.6) is 5.75 Å². The highest BCUT2D eigenvalue weighted by Gasteiger charge is 2.35. The summed E-state index contributed by atoms with van der Waals surface area (Å²) >= 11 is 0. The molecule has 0 bridgehead atoms. The first-order chi connectivity index (χ1) is 10.4. The molecule has 0 spiro atoms. The SMILES string of the molecule is CC1(C)CC(NS(=O)(=O)CCS(C)(=O)=O)c2cc(N)ccc2O1.Cl. The highest BCUT2D eigenvalue weighted by Crippen LogP contribution is 2.40. The largest absolute Gasteiger partial charge is 0.487 e. The Morgan fingerprint density at radius 1 is 1.25 bits per heavy atom. The zero-order valence-electron chi connectivity index (χ0n) is 13.8. The molecule has 7 nitrogen and oxygen atoms in total. The van der Waals surface area contributed by atoms with E-state index in [4.69, 9.17) is 10.5 Å². The molecule has 3 N–H and O–H groups in total. The van der Waals surface area contributed by atoms with Gasteiger partial charge in [0.05, 0.1) is 17.5 Å². The number of hydrogen-bond donors (Lipinski definition) is 2. The van der Waals surface area contributed by atoms with Gasteiger partial charge in [0, 0.05) is 23.9 Å². The highest BCUT2D eigenvalue weighted by atomic mass is 35.5. The van der Waals surface area contributed by atoms with Gasteiger partial charge in [-0.2, -0.15) is 0 Å². The molecule has 10 heteroatoms. The molecule has 1 aromatic rings. The molecule has 0 aliphatic carbocycles. The van der Waals surface area contributed by atoms with E-state index in [0.717, 1.165) is 6.26 Å². The Balaban J connectivity index is 0.00000288. The smallest absolute Gasteiger partial charge is 0.213 e. The Kier molecular flexibility index (Phi) is 6.19. The van der Waals surface area contributed by atoms with Crippen LogP contribution in [0.2, 0.25) is 0 Å². The lowest BCUT2D eigenvalue weighted by Crippen LogP contribution is -2.42. The van der Waals surface area contributed by atoms with Crippen molar-refractivity contribution >= 4 is 38.0 Å². The van der Waals surface area contributed by atoms with Crippen molar-refractivity contribution in [3.05, 3.63) is 23.8 Å². The van der Waals surface area contributed by atoms with E-state index in [9.17, 15) is 16.8 Å². The van der Waals surface area contributed by atoms with Crippen molar-refractivity contribution in [1.29, 1.82) is 0 Å². The van der Waals surface area contributed by atoms with Crippen LogP contribution in [0.1, 0.15) is 31.9 Å². The number of hydrogen-bond acceptors (Lipinski definition) is 6. The molecule has 0 aromatic heterocycles. The predicted octanol–water partition coefficient (Wildman–Crippen LogP) is 1.26. The lowest BCUT2D eigenvalue weighted by molar-refractivity contribution is 0.0702. The summed E-state index contributed by atoms with van der Waals surface area (Å²) in [5.74, 6) is -0.314. The minimum atomic E-state index is -3.75. The molecule has 0 radical (unpaired) electrons. The fourth-order valence-electron chi connectivity index (χ4n) is 2.51. The van der Waals surface area contributed by atoms with Crippen LogP contribution in [0, 0.1) is 0 Å². The second kappa shape index (κ2) is 7.07. The van der Waals surface area contributed by atoms with Crippen LogP contribution in [0.15, 0.2) is 18.2 Å². The minimum absolute atomic E-state index is 0. The maximum Gasteiger partial charge on any atom is 0.213 e. The topological polar surface area (TPSA) is 116 Å². The number of sulfone groups is 1. The van der Waals surface area contributed by atoms with Gasteiger partial charge in [0.2, 0.25) is 10.0 Å². The molecule has 0 saturated heterocycles.